The van der Waals surface area contributed by atoms with Gasteiger partial charge in [-0.05, 0) is 35.7 Å². The maximum Gasteiger partial charge on any atom is 0.336 e. The van der Waals surface area contributed by atoms with Gasteiger partial charge in [-0.3, -0.25) is 9.36 Å². The van der Waals surface area contributed by atoms with E-state index in [9.17, 15) is 14.7 Å². The summed E-state index contributed by atoms with van der Waals surface area (Å²) in [6, 6.07) is 13.5. The Kier molecular flexibility index (Phi) is 5.15. The Labute approximate surface area is 170 Å². The van der Waals surface area contributed by atoms with Gasteiger partial charge in [0.15, 0.2) is 5.16 Å². The molecule has 2 heterocycles. The number of aromatic hydroxyl groups is 1. The molecule has 7 heteroatoms. The number of benzene rings is 2. The molecule has 2 aromatic heterocycles. The maximum atomic E-state index is 13.0. The van der Waals surface area contributed by atoms with Crippen molar-refractivity contribution in [3.8, 4) is 5.75 Å². The van der Waals surface area contributed by atoms with Gasteiger partial charge >= 0.3 is 5.63 Å². The normalized spacial score (nSPS) is 11.6. The molecule has 0 unspecified atom stereocenters. The zero-order valence-electron chi connectivity index (χ0n) is 16.1. The molecule has 0 atom stereocenters. The summed E-state index contributed by atoms with van der Waals surface area (Å²) in [7, 11) is 0. The zero-order valence-corrected chi connectivity index (χ0v) is 16.9. The van der Waals surface area contributed by atoms with E-state index < -0.39 is 5.63 Å². The minimum absolute atomic E-state index is 0.0346. The second kappa shape index (κ2) is 7.75. The van der Waals surface area contributed by atoms with E-state index in [0.29, 0.717) is 33.9 Å². The maximum absolute atomic E-state index is 13.0. The van der Waals surface area contributed by atoms with Crippen LogP contribution in [0.5, 0.6) is 5.75 Å². The third kappa shape index (κ3) is 3.91. The van der Waals surface area contributed by atoms with E-state index in [2.05, 4.69) is 13.8 Å². The monoisotopic (exact) mass is 408 g/mol. The number of phenols is 1. The van der Waals surface area contributed by atoms with E-state index >= 15 is 0 Å². The van der Waals surface area contributed by atoms with E-state index in [1.807, 2.05) is 18.2 Å². The third-order valence-corrected chi connectivity index (χ3v) is 5.57. The van der Waals surface area contributed by atoms with Crippen LogP contribution in [0.2, 0.25) is 0 Å². The number of hydrogen-bond acceptors (Lipinski definition) is 6. The average Bonchev–Trinajstić information content (AvgIpc) is 2.68. The Balaban J connectivity index is 1.78. The van der Waals surface area contributed by atoms with Gasteiger partial charge in [-0.25, -0.2) is 9.78 Å². The molecule has 0 spiro atoms. The van der Waals surface area contributed by atoms with Crippen LogP contribution < -0.4 is 11.2 Å². The second-order valence-corrected chi connectivity index (χ2v) is 8.22. The summed E-state index contributed by atoms with van der Waals surface area (Å²) >= 11 is 1.41. The fraction of sp³-hybridized carbons (Fsp3) is 0.227. The number of hydrogen-bond donors (Lipinski definition) is 1. The molecule has 0 aliphatic carbocycles. The molecular weight excluding hydrogens is 388 g/mol. The first kappa shape index (κ1) is 19.3. The molecule has 2 aromatic carbocycles. The van der Waals surface area contributed by atoms with Crippen LogP contribution in [-0.2, 0) is 12.3 Å². The third-order valence-electron chi connectivity index (χ3n) is 4.54. The predicted octanol–water partition coefficient (Wildman–Crippen LogP) is 4.16. The topological polar surface area (TPSA) is 85.3 Å². The summed E-state index contributed by atoms with van der Waals surface area (Å²) in [5.41, 5.74) is 1.21. The van der Waals surface area contributed by atoms with Crippen molar-refractivity contribution in [2.24, 2.45) is 5.92 Å². The summed E-state index contributed by atoms with van der Waals surface area (Å²) in [4.78, 5) is 29.7. The van der Waals surface area contributed by atoms with Gasteiger partial charge < -0.3 is 9.52 Å². The average molecular weight is 408 g/mol. The lowest BCUT2D eigenvalue weighted by molar-refractivity contribution is 0.473. The van der Waals surface area contributed by atoms with Gasteiger partial charge in [0.1, 0.15) is 11.3 Å². The molecule has 148 valence electrons. The Morgan fingerprint density at radius 1 is 1.10 bits per heavy atom. The summed E-state index contributed by atoms with van der Waals surface area (Å²) in [6.07, 6.45) is 0. The Morgan fingerprint density at radius 3 is 2.69 bits per heavy atom. The molecule has 0 saturated carbocycles. The minimum atomic E-state index is -0.482. The second-order valence-electron chi connectivity index (χ2n) is 7.28. The quantitative estimate of drug-likeness (QED) is 0.303. The molecule has 0 amide bonds. The van der Waals surface area contributed by atoms with Crippen molar-refractivity contribution in [1.29, 1.82) is 0 Å². The van der Waals surface area contributed by atoms with Crippen molar-refractivity contribution in [2.45, 2.75) is 31.3 Å². The van der Waals surface area contributed by atoms with Gasteiger partial charge in [-0.15, -0.1) is 0 Å². The number of aromatic nitrogens is 2. The van der Waals surface area contributed by atoms with Gasteiger partial charge in [0.25, 0.3) is 5.56 Å². The number of rotatable bonds is 5. The van der Waals surface area contributed by atoms with Crippen LogP contribution in [0.1, 0.15) is 19.4 Å². The van der Waals surface area contributed by atoms with Crippen LogP contribution in [0.25, 0.3) is 21.9 Å². The highest BCUT2D eigenvalue weighted by Crippen LogP contribution is 2.28. The van der Waals surface area contributed by atoms with Gasteiger partial charge in [-0.1, -0.05) is 37.7 Å². The first-order valence-electron chi connectivity index (χ1n) is 9.30. The summed E-state index contributed by atoms with van der Waals surface area (Å²) in [5.74, 6) is 0.755. The van der Waals surface area contributed by atoms with Gasteiger partial charge in [-0.2, -0.15) is 0 Å². The Hall–Kier alpha value is -3.06. The van der Waals surface area contributed by atoms with Crippen molar-refractivity contribution in [3.05, 3.63) is 74.9 Å². The van der Waals surface area contributed by atoms with Crippen molar-refractivity contribution in [2.75, 3.05) is 0 Å². The van der Waals surface area contributed by atoms with Gasteiger partial charge in [0, 0.05) is 29.8 Å². The molecule has 6 nitrogen and oxygen atoms in total. The van der Waals surface area contributed by atoms with Crippen LogP contribution in [-0.4, -0.2) is 14.7 Å². The highest BCUT2D eigenvalue weighted by atomic mass is 32.2. The fourth-order valence-corrected chi connectivity index (χ4v) is 4.26. The fourth-order valence-electron chi connectivity index (χ4n) is 3.26. The van der Waals surface area contributed by atoms with Crippen molar-refractivity contribution < 1.29 is 9.52 Å². The Bertz CT molecular complexity index is 1320. The number of phenolic OH excluding ortho intramolecular Hbond substituents is 1. The number of nitrogens with zero attached hydrogens (tertiary/aromatic N) is 2. The SMILES string of the molecule is CC(C)Cn1c(SCc2cc(=O)oc3cc(O)ccc23)nc2ccccc2c1=O. The first-order valence-corrected chi connectivity index (χ1v) is 10.3. The molecule has 29 heavy (non-hydrogen) atoms. The van der Waals surface area contributed by atoms with Crippen molar-refractivity contribution in [1.82, 2.24) is 9.55 Å². The molecule has 4 aromatic rings. The number of para-hydroxylation sites is 1. The molecule has 0 saturated heterocycles. The van der Waals surface area contributed by atoms with Crippen LogP contribution >= 0.6 is 11.8 Å². The van der Waals surface area contributed by atoms with Gasteiger partial charge in [0.05, 0.1) is 10.9 Å². The van der Waals surface area contributed by atoms with Crippen LogP contribution in [0.15, 0.2) is 67.7 Å². The molecule has 0 fully saturated rings. The van der Waals surface area contributed by atoms with Crippen LogP contribution in [0.3, 0.4) is 0 Å². The van der Waals surface area contributed by atoms with E-state index in [4.69, 9.17) is 9.40 Å². The van der Waals surface area contributed by atoms with E-state index in [1.165, 1.54) is 23.9 Å². The van der Waals surface area contributed by atoms with Crippen LogP contribution in [0.4, 0.5) is 0 Å². The molecule has 0 radical (unpaired) electrons. The predicted molar refractivity (Wildman–Crippen MR) is 115 cm³/mol. The van der Waals surface area contributed by atoms with Crippen LogP contribution in [0, 0.1) is 5.92 Å². The lowest BCUT2D eigenvalue weighted by Gasteiger charge is -2.15. The largest absolute Gasteiger partial charge is 0.508 e. The van der Waals surface area contributed by atoms with E-state index in [0.717, 1.165) is 10.9 Å². The molecule has 0 aliphatic heterocycles. The van der Waals surface area contributed by atoms with E-state index in [1.54, 1.807) is 22.8 Å². The molecular formula is C22H20N2O4S. The molecule has 0 aliphatic rings. The number of fused-ring (bicyclic) bond motifs is 2. The lowest BCUT2D eigenvalue weighted by Crippen LogP contribution is -2.25. The van der Waals surface area contributed by atoms with Crippen molar-refractivity contribution >= 4 is 33.6 Å². The summed E-state index contributed by atoms with van der Waals surface area (Å²) < 4.78 is 6.90. The smallest absolute Gasteiger partial charge is 0.336 e. The first-order chi connectivity index (χ1) is 13.9. The summed E-state index contributed by atoms with van der Waals surface area (Å²) in [6.45, 7) is 4.67. The lowest BCUT2D eigenvalue weighted by atomic mass is 10.1. The zero-order chi connectivity index (χ0) is 20.5. The molecule has 0 bridgehead atoms. The molecule has 1 N–H and O–H groups in total. The highest BCUT2D eigenvalue weighted by molar-refractivity contribution is 7.98. The highest BCUT2D eigenvalue weighted by Gasteiger charge is 2.14. The van der Waals surface area contributed by atoms with Gasteiger partial charge in [0.2, 0.25) is 0 Å². The molecule has 4 rings (SSSR count). The minimum Gasteiger partial charge on any atom is -0.508 e. The van der Waals surface area contributed by atoms with Crippen molar-refractivity contribution in [3.63, 3.8) is 0 Å². The standard InChI is InChI=1S/C22H20N2O4S/c1-13(2)11-24-21(27)17-5-3-4-6-18(17)23-22(24)29-12-14-9-20(26)28-19-10-15(25)7-8-16(14)19/h3-10,13,25H,11-12H2,1-2H3. The van der Waals surface area contributed by atoms with E-state index in [-0.39, 0.29) is 17.2 Å². The summed E-state index contributed by atoms with van der Waals surface area (Å²) in [5, 5.41) is 11.6. The Morgan fingerprint density at radius 2 is 1.90 bits per heavy atom. The number of thioether (sulfide) groups is 1.